The molecule has 1 aromatic carbocycles. The number of aromatic amines is 1. The minimum atomic E-state index is -0.771. The van der Waals surface area contributed by atoms with Crippen LogP contribution in [0.25, 0.3) is 0 Å². The van der Waals surface area contributed by atoms with Crippen molar-refractivity contribution in [3.8, 4) is 0 Å². The smallest absolute Gasteiger partial charge is 0.414 e. The molecule has 2 fully saturated rings. The molecule has 0 bridgehead atoms. The lowest BCUT2D eigenvalue weighted by Gasteiger charge is -2.27. The molecule has 3 aromatic rings. The number of morpholine rings is 1. The number of carbonyl (C=O) groups excluding carboxylic acids is 5. The Hall–Kier alpha value is -4.31. The van der Waals surface area contributed by atoms with Gasteiger partial charge in [-0.05, 0) is 49.2 Å². The van der Waals surface area contributed by atoms with E-state index in [0.29, 0.717) is 54.7 Å². The van der Waals surface area contributed by atoms with Gasteiger partial charge in [0.25, 0.3) is 11.8 Å². The Morgan fingerprint density at radius 3 is 2.53 bits per heavy atom. The minimum absolute atomic E-state index is 0. The molecule has 252 valence electrons. The average molecular weight is 688 g/mol. The number of amides is 5. The lowest BCUT2D eigenvalue weighted by Crippen LogP contribution is -2.43. The largest absolute Gasteiger partial charge is 0.442 e. The van der Waals surface area contributed by atoms with E-state index < -0.39 is 30.1 Å². The van der Waals surface area contributed by atoms with Gasteiger partial charge in [0, 0.05) is 49.2 Å². The Morgan fingerprint density at radius 2 is 1.87 bits per heavy atom. The van der Waals surface area contributed by atoms with E-state index in [2.05, 4.69) is 15.3 Å². The molecule has 16 heteroatoms. The number of cyclic esters (lactones) is 1. The highest BCUT2D eigenvalue weighted by atomic mass is 35.5. The summed E-state index contributed by atoms with van der Waals surface area (Å²) in [6, 6.07) is 9.30. The van der Waals surface area contributed by atoms with Crippen LogP contribution in [0.15, 0.2) is 48.9 Å². The number of halogens is 1. The Labute approximate surface area is 281 Å². The Morgan fingerprint density at radius 1 is 1.13 bits per heavy atom. The van der Waals surface area contributed by atoms with Crippen molar-refractivity contribution in [1.82, 2.24) is 20.2 Å². The van der Waals surface area contributed by atoms with E-state index >= 15 is 0 Å². The fraction of sp³-hybridized carbons (Fsp3) is 0.419. The van der Waals surface area contributed by atoms with Crippen LogP contribution in [0.3, 0.4) is 0 Å². The number of aromatic nitrogens is 2. The molecule has 2 aromatic heterocycles. The second-order valence-electron chi connectivity index (χ2n) is 10.8. The Kier molecular flexibility index (Phi) is 12.5. The van der Waals surface area contributed by atoms with Crippen molar-refractivity contribution >= 4 is 64.0 Å². The third kappa shape index (κ3) is 9.16. The van der Waals surface area contributed by atoms with E-state index in [1.807, 2.05) is 0 Å². The maximum absolute atomic E-state index is 13.4. The molecule has 2 aliphatic heterocycles. The molecule has 0 radical (unpaired) electrons. The number of imidazole rings is 1. The number of nitrogens with one attached hydrogen (secondary N) is 2. The van der Waals surface area contributed by atoms with Gasteiger partial charge in [0.05, 0.1) is 41.3 Å². The molecule has 5 amide bonds. The van der Waals surface area contributed by atoms with Gasteiger partial charge in [-0.1, -0.05) is 19.0 Å². The normalized spacial score (nSPS) is 16.8. The summed E-state index contributed by atoms with van der Waals surface area (Å²) in [5, 5.41) is 2.77. The topological polar surface area (TPSA) is 180 Å². The standard InChI is InChI=1S/C30H34ClN7O7S.CH4/c31-25-9-8-24(46-25)29(42)38(26(39)3-1-2-10-34-28(41)23(32)13-19-14-33-18-35-19)16-22-15-37(30(43)45-22)21-6-4-20(5-7-21)36-11-12-44-17-27(36)40;/h4-9,14,18,22-23H,1-3,10-13,15-17,32H2,(H,33,35)(H,34,41);1H4/t22-,23+;/m1./s1. The lowest BCUT2D eigenvalue weighted by molar-refractivity contribution is -0.129. The molecule has 47 heavy (non-hydrogen) atoms. The van der Waals surface area contributed by atoms with Crippen LogP contribution in [0, 0.1) is 0 Å². The van der Waals surface area contributed by atoms with Gasteiger partial charge in [0.1, 0.15) is 12.7 Å². The molecule has 0 saturated carbocycles. The molecule has 2 saturated heterocycles. The maximum Gasteiger partial charge on any atom is 0.414 e. The van der Waals surface area contributed by atoms with Crippen LogP contribution in [0.2, 0.25) is 4.34 Å². The summed E-state index contributed by atoms with van der Waals surface area (Å²) in [4.78, 5) is 75.3. The highest BCUT2D eigenvalue weighted by Crippen LogP contribution is 2.27. The SMILES string of the molecule is C.N[C@@H](Cc1cnc[nH]1)C(=O)NCCCCC(=O)N(C[C@H]1CN(c2ccc(N3CCOCC3=O)cc2)C(=O)O1)C(=O)c1ccc(Cl)s1. The Bertz CT molecular complexity index is 1550. The average Bonchev–Trinajstić information content (AvgIpc) is 3.81. The number of benzene rings is 1. The number of carbonyl (C=O) groups is 5. The zero-order valence-corrected chi connectivity index (χ0v) is 26.4. The molecule has 14 nitrogen and oxygen atoms in total. The third-order valence-electron chi connectivity index (χ3n) is 7.50. The predicted molar refractivity (Wildman–Crippen MR) is 176 cm³/mol. The van der Waals surface area contributed by atoms with Crippen LogP contribution in [0.4, 0.5) is 16.2 Å². The van der Waals surface area contributed by atoms with Crippen molar-refractivity contribution in [2.75, 3.05) is 49.2 Å². The molecule has 0 aliphatic carbocycles. The Balaban J connectivity index is 0.00000500. The number of hydrogen-bond acceptors (Lipinski definition) is 10. The summed E-state index contributed by atoms with van der Waals surface area (Å²) in [5.74, 6) is -1.43. The predicted octanol–water partition coefficient (Wildman–Crippen LogP) is 2.97. The van der Waals surface area contributed by atoms with Crippen molar-refractivity contribution in [3.63, 3.8) is 0 Å². The summed E-state index contributed by atoms with van der Waals surface area (Å²) < 4.78 is 11.1. The van der Waals surface area contributed by atoms with Gasteiger partial charge in [-0.15, -0.1) is 11.3 Å². The highest BCUT2D eigenvalue weighted by Gasteiger charge is 2.36. The number of H-pyrrole nitrogens is 1. The number of thiophene rings is 1. The highest BCUT2D eigenvalue weighted by molar-refractivity contribution is 7.18. The van der Waals surface area contributed by atoms with Crippen LogP contribution in [0.1, 0.15) is 42.1 Å². The number of nitrogens with zero attached hydrogens (tertiary/aromatic N) is 4. The molecule has 5 rings (SSSR count). The van der Waals surface area contributed by atoms with Crippen LogP contribution in [-0.2, 0) is 30.3 Å². The first-order chi connectivity index (χ1) is 22.2. The molecule has 4 N–H and O–H groups in total. The van der Waals surface area contributed by atoms with Gasteiger partial charge >= 0.3 is 6.09 Å². The van der Waals surface area contributed by atoms with Crippen molar-refractivity contribution in [1.29, 1.82) is 0 Å². The van der Waals surface area contributed by atoms with E-state index in [-0.39, 0.29) is 50.2 Å². The zero-order valence-electron chi connectivity index (χ0n) is 24.9. The molecular formula is C31H38ClN7O7S. The first-order valence-corrected chi connectivity index (χ1v) is 16.0. The first kappa shape index (κ1) is 35.5. The van der Waals surface area contributed by atoms with Gasteiger partial charge in [0.2, 0.25) is 11.8 Å². The van der Waals surface area contributed by atoms with E-state index in [1.165, 1.54) is 11.2 Å². The lowest BCUT2D eigenvalue weighted by atomic mass is 10.1. The minimum Gasteiger partial charge on any atom is -0.442 e. The van der Waals surface area contributed by atoms with E-state index in [0.717, 1.165) is 21.9 Å². The number of nitrogens with two attached hydrogens (primary N) is 1. The monoisotopic (exact) mass is 687 g/mol. The van der Waals surface area contributed by atoms with E-state index in [4.69, 9.17) is 26.8 Å². The summed E-state index contributed by atoms with van der Waals surface area (Å²) >= 11 is 7.10. The molecule has 2 aliphatic rings. The molecule has 4 heterocycles. The van der Waals surface area contributed by atoms with Crippen molar-refractivity contribution in [3.05, 3.63) is 63.8 Å². The summed E-state index contributed by atoms with van der Waals surface area (Å²) in [5.41, 5.74) is 7.95. The van der Waals surface area contributed by atoms with Crippen LogP contribution in [-0.4, -0.2) is 96.1 Å². The number of imide groups is 1. The first-order valence-electron chi connectivity index (χ1n) is 14.8. The fourth-order valence-electron chi connectivity index (χ4n) is 5.10. The van der Waals surface area contributed by atoms with E-state index in [1.54, 1.807) is 47.5 Å². The second kappa shape index (κ2) is 16.5. The van der Waals surface area contributed by atoms with E-state index in [9.17, 15) is 24.0 Å². The van der Waals surface area contributed by atoms with Gasteiger partial charge in [-0.3, -0.25) is 29.0 Å². The van der Waals surface area contributed by atoms with Crippen LogP contribution >= 0.6 is 22.9 Å². The molecule has 2 atom stereocenters. The van der Waals surface area contributed by atoms with Gasteiger partial charge < -0.3 is 30.4 Å². The zero-order chi connectivity index (χ0) is 32.6. The van der Waals surface area contributed by atoms with Crippen LogP contribution in [0.5, 0.6) is 0 Å². The van der Waals surface area contributed by atoms with Crippen LogP contribution < -0.4 is 20.9 Å². The number of hydrogen-bond donors (Lipinski definition) is 3. The number of ether oxygens (including phenoxy) is 2. The number of rotatable bonds is 13. The summed E-state index contributed by atoms with van der Waals surface area (Å²) in [6.07, 6.45) is 2.98. The van der Waals surface area contributed by atoms with Gasteiger partial charge in [0.15, 0.2) is 0 Å². The third-order valence-corrected chi connectivity index (χ3v) is 8.72. The van der Waals surface area contributed by atoms with Crippen molar-refractivity contribution < 1.29 is 33.4 Å². The van der Waals surface area contributed by atoms with Crippen molar-refractivity contribution in [2.24, 2.45) is 5.73 Å². The quantitative estimate of drug-likeness (QED) is 0.228. The fourth-order valence-corrected chi connectivity index (χ4v) is 6.09. The summed E-state index contributed by atoms with van der Waals surface area (Å²) in [7, 11) is 0. The molecule has 0 spiro atoms. The van der Waals surface area contributed by atoms with Crippen molar-refractivity contribution in [2.45, 2.75) is 45.3 Å². The second-order valence-corrected chi connectivity index (χ2v) is 12.5. The number of unbranched alkanes of at least 4 members (excludes halogenated alkanes) is 1. The molecular weight excluding hydrogens is 650 g/mol. The maximum atomic E-state index is 13.4. The number of anilines is 2. The molecule has 0 unspecified atom stereocenters. The van der Waals surface area contributed by atoms with Gasteiger partial charge in [-0.25, -0.2) is 9.78 Å². The van der Waals surface area contributed by atoms with Gasteiger partial charge in [-0.2, -0.15) is 0 Å². The summed E-state index contributed by atoms with van der Waals surface area (Å²) in [6.45, 7) is 1.18.